The lowest BCUT2D eigenvalue weighted by Gasteiger charge is -2.22. The lowest BCUT2D eigenvalue weighted by Crippen LogP contribution is -2.55. The van der Waals surface area contributed by atoms with Gasteiger partial charge >= 0.3 is 17.6 Å². The van der Waals surface area contributed by atoms with Gasteiger partial charge in [0.25, 0.3) is 0 Å². The number of amides is 2. The molecule has 2 aromatic carbocycles. The van der Waals surface area contributed by atoms with Crippen molar-refractivity contribution in [1.82, 2.24) is 10.6 Å². The summed E-state index contributed by atoms with van der Waals surface area (Å²) >= 11 is 0. The number of methoxy groups -OCH3 is 1. The Morgan fingerprint density at radius 3 is 1.94 bits per heavy atom. The minimum atomic E-state index is -5.77. The molecule has 0 aliphatic rings. The van der Waals surface area contributed by atoms with E-state index in [0.717, 1.165) is 7.11 Å². The Hall–Kier alpha value is -3.61. The fraction of sp³-hybridized carbons (Fsp3) is 0.318. The van der Waals surface area contributed by atoms with Gasteiger partial charge in [-0.3, -0.25) is 4.79 Å². The Kier molecular flexibility index (Phi) is 9.63. The standard InChI is InChI=1S/C22H23F3N2O7S/c1-33-20(29)18(14-35(31,32)22(23,24)25)26-19(28)17(12-15-8-4-2-5-9-15)27-21(30)34-13-16-10-6-3-7-11-16/h2-11,17-18H,12-14H2,1H3,(H,26,28)(H,27,30)/t17-,18-/m0/s1. The number of alkyl halides is 3. The molecule has 0 radical (unpaired) electrons. The fourth-order valence-electron chi connectivity index (χ4n) is 2.86. The number of sulfone groups is 1. The van der Waals surface area contributed by atoms with Crippen LogP contribution in [-0.4, -0.2) is 56.8 Å². The van der Waals surface area contributed by atoms with Gasteiger partial charge in [0.2, 0.25) is 15.7 Å². The summed E-state index contributed by atoms with van der Waals surface area (Å²) in [6, 6.07) is 13.3. The van der Waals surface area contributed by atoms with Gasteiger partial charge < -0.3 is 20.1 Å². The van der Waals surface area contributed by atoms with Gasteiger partial charge in [-0.1, -0.05) is 60.7 Å². The van der Waals surface area contributed by atoms with Gasteiger partial charge in [0.05, 0.1) is 12.9 Å². The van der Waals surface area contributed by atoms with Crippen molar-refractivity contribution >= 4 is 27.8 Å². The highest BCUT2D eigenvalue weighted by atomic mass is 32.2. The molecule has 0 aromatic heterocycles. The van der Waals surface area contributed by atoms with Crippen LogP contribution in [0.3, 0.4) is 0 Å². The van der Waals surface area contributed by atoms with Crippen molar-refractivity contribution in [3.05, 3.63) is 71.8 Å². The van der Waals surface area contributed by atoms with Gasteiger partial charge in [-0.2, -0.15) is 13.2 Å². The number of halogens is 3. The zero-order valence-corrected chi connectivity index (χ0v) is 19.3. The molecule has 0 spiro atoms. The van der Waals surface area contributed by atoms with Crippen molar-refractivity contribution in [2.24, 2.45) is 0 Å². The molecule has 2 aromatic rings. The topological polar surface area (TPSA) is 128 Å². The SMILES string of the molecule is COC(=O)[C@H](CS(=O)(=O)C(F)(F)F)NC(=O)[C@H](Cc1ccccc1)NC(=O)OCc1ccccc1. The molecule has 0 bridgehead atoms. The molecular formula is C22H23F3N2O7S. The van der Waals surface area contributed by atoms with Crippen LogP contribution in [0, 0.1) is 0 Å². The molecule has 9 nitrogen and oxygen atoms in total. The van der Waals surface area contributed by atoms with Crippen molar-refractivity contribution in [3.8, 4) is 0 Å². The Labute approximate surface area is 199 Å². The summed E-state index contributed by atoms with van der Waals surface area (Å²) in [6.07, 6.45) is -1.14. The number of alkyl carbamates (subject to hydrolysis) is 1. The molecule has 0 aliphatic carbocycles. The third kappa shape index (κ3) is 8.59. The van der Waals surface area contributed by atoms with Crippen LogP contribution in [0.25, 0.3) is 0 Å². The van der Waals surface area contributed by atoms with E-state index in [2.05, 4.69) is 10.1 Å². The molecule has 0 heterocycles. The maximum atomic E-state index is 12.9. The van der Waals surface area contributed by atoms with Gasteiger partial charge in [-0.05, 0) is 11.1 Å². The van der Waals surface area contributed by atoms with Crippen molar-refractivity contribution in [2.45, 2.75) is 30.6 Å². The number of hydrogen-bond acceptors (Lipinski definition) is 7. The van der Waals surface area contributed by atoms with Gasteiger partial charge in [-0.25, -0.2) is 18.0 Å². The van der Waals surface area contributed by atoms with E-state index in [-0.39, 0.29) is 13.0 Å². The number of hydrogen-bond donors (Lipinski definition) is 2. The van der Waals surface area contributed by atoms with Crippen molar-refractivity contribution < 1.29 is 45.4 Å². The predicted molar refractivity (Wildman–Crippen MR) is 117 cm³/mol. The first-order valence-corrected chi connectivity index (χ1v) is 11.8. The zero-order chi connectivity index (χ0) is 26.1. The summed E-state index contributed by atoms with van der Waals surface area (Å²) in [7, 11) is -4.95. The second-order valence-electron chi connectivity index (χ2n) is 7.26. The van der Waals surface area contributed by atoms with Gasteiger partial charge in [0.1, 0.15) is 18.7 Å². The van der Waals surface area contributed by atoms with Crippen molar-refractivity contribution in [3.63, 3.8) is 0 Å². The van der Waals surface area contributed by atoms with E-state index in [1.807, 2.05) is 5.32 Å². The number of benzene rings is 2. The molecule has 0 saturated heterocycles. The number of esters is 1. The second kappa shape index (κ2) is 12.2. The molecule has 2 atom stereocenters. The molecule has 0 aliphatic heterocycles. The van der Waals surface area contributed by atoms with E-state index in [0.29, 0.717) is 11.1 Å². The van der Waals surface area contributed by atoms with Gasteiger partial charge in [0.15, 0.2) is 0 Å². The van der Waals surface area contributed by atoms with Crippen LogP contribution >= 0.6 is 0 Å². The first kappa shape index (κ1) is 27.6. The monoisotopic (exact) mass is 516 g/mol. The smallest absolute Gasteiger partial charge is 0.467 e. The maximum Gasteiger partial charge on any atom is 0.497 e. The maximum absolute atomic E-state index is 12.9. The van der Waals surface area contributed by atoms with E-state index in [1.165, 1.54) is 0 Å². The number of nitrogens with one attached hydrogen (secondary N) is 2. The van der Waals surface area contributed by atoms with Gasteiger partial charge in [0, 0.05) is 6.42 Å². The lowest BCUT2D eigenvalue weighted by molar-refractivity contribution is -0.144. The summed E-state index contributed by atoms with van der Waals surface area (Å²) in [4.78, 5) is 37.1. The van der Waals surface area contributed by atoms with Crippen LogP contribution < -0.4 is 10.6 Å². The minimum absolute atomic E-state index is 0.124. The molecule has 2 amide bonds. The molecule has 13 heteroatoms. The average molecular weight is 516 g/mol. The Balaban J connectivity index is 2.18. The summed E-state index contributed by atoms with van der Waals surface area (Å²) in [5.74, 6) is -4.29. The van der Waals surface area contributed by atoms with Crippen LogP contribution in [0.5, 0.6) is 0 Å². The summed E-state index contributed by atoms with van der Waals surface area (Å²) in [5.41, 5.74) is -4.42. The molecule has 190 valence electrons. The van der Waals surface area contributed by atoms with E-state index < -0.39 is 51.2 Å². The summed E-state index contributed by atoms with van der Waals surface area (Å²) < 4.78 is 71.0. The number of rotatable bonds is 10. The summed E-state index contributed by atoms with van der Waals surface area (Å²) in [6.45, 7) is -0.124. The van der Waals surface area contributed by atoms with Gasteiger partial charge in [-0.15, -0.1) is 0 Å². The highest BCUT2D eigenvalue weighted by Gasteiger charge is 2.48. The zero-order valence-electron chi connectivity index (χ0n) is 18.4. The van der Waals surface area contributed by atoms with Crippen LogP contribution in [0.1, 0.15) is 11.1 Å². The third-order valence-electron chi connectivity index (χ3n) is 4.64. The van der Waals surface area contributed by atoms with Crippen LogP contribution in [0.15, 0.2) is 60.7 Å². The van der Waals surface area contributed by atoms with Crippen molar-refractivity contribution in [1.29, 1.82) is 0 Å². The third-order valence-corrected chi connectivity index (χ3v) is 6.12. The first-order chi connectivity index (χ1) is 16.4. The molecule has 35 heavy (non-hydrogen) atoms. The molecule has 2 N–H and O–H groups in total. The van der Waals surface area contributed by atoms with E-state index in [4.69, 9.17) is 4.74 Å². The second-order valence-corrected chi connectivity index (χ2v) is 9.29. The minimum Gasteiger partial charge on any atom is -0.467 e. The molecule has 0 unspecified atom stereocenters. The molecule has 2 rings (SSSR count). The normalized spacial score (nSPS) is 13.3. The Morgan fingerprint density at radius 2 is 1.43 bits per heavy atom. The largest absolute Gasteiger partial charge is 0.497 e. The molecule has 0 saturated carbocycles. The molecular weight excluding hydrogens is 493 g/mol. The van der Waals surface area contributed by atoms with Crippen LogP contribution in [0.2, 0.25) is 0 Å². The van der Waals surface area contributed by atoms with E-state index >= 15 is 0 Å². The fourth-order valence-corrected chi connectivity index (χ4v) is 3.71. The first-order valence-electron chi connectivity index (χ1n) is 10.1. The number of carbonyl (C=O) groups excluding carboxylic acids is 3. The lowest BCUT2D eigenvalue weighted by atomic mass is 10.1. The van der Waals surface area contributed by atoms with Crippen LogP contribution in [0.4, 0.5) is 18.0 Å². The Bertz CT molecular complexity index is 1110. The van der Waals surface area contributed by atoms with Crippen molar-refractivity contribution in [2.75, 3.05) is 12.9 Å². The number of carbonyl (C=O) groups is 3. The van der Waals surface area contributed by atoms with E-state index in [1.54, 1.807) is 60.7 Å². The Morgan fingerprint density at radius 1 is 0.886 bits per heavy atom. The predicted octanol–water partition coefficient (Wildman–Crippen LogP) is 2.12. The quantitative estimate of drug-likeness (QED) is 0.463. The summed E-state index contributed by atoms with van der Waals surface area (Å²) in [5, 5.41) is 4.23. The van der Waals surface area contributed by atoms with E-state index in [9.17, 15) is 36.0 Å². The average Bonchev–Trinajstić information content (AvgIpc) is 2.81. The highest BCUT2D eigenvalue weighted by molar-refractivity contribution is 7.92. The number of ether oxygens (including phenoxy) is 2. The highest BCUT2D eigenvalue weighted by Crippen LogP contribution is 2.24. The van der Waals surface area contributed by atoms with Crippen LogP contribution in [-0.2, 0) is 41.9 Å². The molecule has 0 fully saturated rings.